The highest BCUT2D eigenvalue weighted by Gasteiger charge is 2.19. The first-order valence-corrected chi connectivity index (χ1v) is 9.63. The Morgan fingerprint density at radius 2 is 1.70 bits per heavy atom. The molecule has 0 radical (unpaired) electrons. The van der Waals surface area contributed by atoms with E-state index < -0.39 is 5.91 Å². The molecule has 0 saturated heterocycles. The van der Waals surface area contributed by atoms with Gasteiger partial charge in [-0.15, -0.1) is 0 Å². The van der Waals surface area contributed by atoms with Crippen LogP contribution in [0.1, 0.15) is 15.9 Å². The Morgan fingerprint density at radius 1 is 1.00 bits per heavy atom. The third kappa shape index (κ3) is 3.80. The molecule has 0 unspecified atom stereocenters. The first-order valence-electron chi connectivity index (χ1n) is 9.25. The van der Waals surface area contributed by atoms with Crippen LogP contribution in [0.5, 0.6) is 5.75 Å². The predicted octanol–water partition coefficient (Wildman–Crippen LogP) is 5.68. The molecule has 6 heteroatoms. The summed E-state index contributed by atoms with van der Waals surface area (Å²) >= 11 is 6.08. The lowest BCUT2D eigenvalue weighted by Crippen LogP contribution is -2.16. The molecular formula is C24H18ClNO4. The Balaban J connectivity index is 1.85. The minimum absolute atomic E-state index is 0.0829. The number of carbonyl (C=O) groups excluding carboxylic acids is 1. The van der Waals surface area contributed by atoms with Gasteiger partial charge in [0.15, 0.2) is 0 Å². The second-order valence-corrected chi connectivity index (χ2v) is 7.26. The second kappa shape index (κ2) is 8.05. The number of fused-ring (bicyclic) bond motifs is 1. The normalized spacial score (nSPS) is 10.8. The topological polar surface area (TPSA) is 68.5 Å². The Bertz CT molecular complexity index is 1290. The molecule has 1 heterocycles. The van der Waals surface area contributed by atoms with Crippen LogP contribution in [0, 0.1) is 6.92 Å². The van der Waals surface area contributed by atoms with E-state index in [2.05, 4.69) is 5.32 Å². The van der Waals surface area contributed by atoms with E-state index in [4.69, 9.17) is 20.8 Å². The summed E-state index contributed by atoms with van der Waals surface area (Å²) in [6.07, 6.45) is 0. The van der Waals surface area contributed by atoms with Crippen LogP contribution in [-0.4, -0.2) is 13.0 Å². The maximum Gasteiger partial charge on any atom is 0.257 e. The van der Waals surface area contributed by atoms with Gasteiger partial charge in [0.2, 0.25) is 11.3 Å². The number of amides is 1. The molecule has 4 rings (SSSR count). The number of methoxy groups -OCH3 is 1. The van der Waals surface area contributed by atoms with Crippen molar-refractivity contribution in [1.82, 2.24) is 0 Å². The van der Waals surface area contributed by atoms with Crippen LogP contribution >= 0.6 is 11.6 Å². The molecular weight excluding hydrogens is 402 g/mol. The largest absolute Gasteiger partial charge is 0.497 e. The second-order valence-electron chi connectivity index (χ2n) is 6.82. The fourth-order valence-corrected chi connectivity index (χ4v) is 3.33. The van der Waals surface area contributed by atoms with E-state index in [1.165, 1.54) is 0 Å². The van der Waals surface area contributed by atoms with Gasteiger partial charge in [0.25, 0.3) is 5.91 Å². The fourth-order valence-electron chi connectivity index (χ4n) is 3.16. The number of rotatable bonds is 4. The van der Waals surface area contributed by atoms with Crippen LogP contribution in [0.3, 0.4) is 0 Å². The van der Waals surface area contributed by atoms with E-state index in [0.717, 1.165) is 5.56 Å². The highest BCUT2D eigenvalue weighted by molar-refractivity contribution is 6.31. The SMILES string of the molecule is COc1ccc(C(=O)Nc2oc3ccc(Cl)cc3c(=O)c2-c2ccc(C)cc2)cc1. The number of aryl methyl sites for hydroxylation is 1. The summed E-state index contributed by atoms with van der Waals surface area (Å²) in [5.41, 5.74) is 2.44. The van der Waals surface area contributed by atoms with Gasteiger partial charge >= 0.3 is 0 Å². The minimum atomic E-state index is -0.400. The van der Waals surface area contributed by atoms with E-state index in [0.29, 0.717) is 32.9 Å². The molecule has 30 heavy (non-hydrogen) atoms. The predicted molar refractivity (Wildman–Crippen MR) is 119 cm³/mol. The summed E-state index contributed by atoms with van der Waals surface area (Å²) in [6.45, 7) is 1.96. The van der Waals surface area contributed by atoms with Gasteiger partial charge in [-0.05, 0) is 55.0 Å². The van der Waals surface area contributed by atoms with Crippen molar-refractivity contribution in [2.24, 2.45) is 0 Å². The lowest BCUT2D eigenvalue weighted by molar-refractivity contribution is 0.102. The average molecular weight is 420 g/mol. The van der Waals surface area contributed by atoms with Crippen LogP contribution in [0.2, 0.25) is 5.02 Å². The molecule has 1 N–H and O–H groups in total. The molecule has 0 aliphatic heterocycles. The van der Waals surface area contributed by atoms with Gasteiger partial charge in [-0.25, -0.2) is 0 Å². The van der Waals surface area contributed by atoms with Crippen molar-refractivity contribution < 1.29 is 13.9 Å². The number of carbonyl (C=O) groups is 1. The van der Waals surface area contributed by atoms with Crippen molar-refractivity contribution in [2.75, 3.05) is 12.4 Å². The maximum atomic E-state index is 13.3. The Kier molecular flexibility index (Phi) is 5.29. The van der Waals surface area contributed by atoms with Gasteiger partial charge in [-0.2, -0.15) is 0 Å². The molecule has 1 aromatic heterocycles. The van der Waals surface area contributed by atoms with Crippen molar-refractivity contribution in [3.8, 4) is 16.9 Å². The third-order valence-corrected chi connectivity index (χ3v) is 5.01. The van der Waals surface area contributed by atoms with Crippen LogP contribution in [0.25, 0.3) is 22.1 Å². The Hall–Kier alpha value is -3.57. The van der Waals surface area contributed by atoms with Crippen molar-refractivity contribution in [3.63, 3.8) is 0 Å². The first kappa shape index (κ1) is 19.7. The van der Waals surface area contributed by atoms with E-state index in [1.54, 1.807) is 49.6 Å². The van der Waals surface area contributed by atoms with Crippen molar-refractivity contribution in [1.29, 1.82) is 0 Å². The van der Waals surface area contributed by atoms with E-state index in [9.17, 15) is 9.59 Å². The highest BCUT2D eigenvalue weighted by atomic mass is 35.5. The maximum absolute atomic E-state index is 13.3. The third-order valence-electron chi connectivity index (χ3n) is 4.77. The van der Waals surface area contributed by atoms with Gasteiger partial charge in [-0.3, -0.25) is 14.9 Å². The molecule has 0 bridgehead atoms. The number of anilines is 1. The lowest BCUT2D eigenvalue weighted by atomic mass is 10.0. The molecule has 1 amide bonds. The van der Waals surface area contributed by atoms with Gasteiger partial charge < -0.3 is 9.15 Å². The summed E-state index contributed by atoms with van der Waals surface area (Å²) in [7, 11) is 1.55. The summed E-state index contributed by atoms with van der Waals surface area (Å²) in [5, 5.41) is 3.52. The van der Waals surface area contributed by atoms with E-state index in [1.807, 2.05) is 31.2 Å². The van der Waals surface area contributed by atoms with Crippen molar-refractivity contribution >= 4 is 34.4 Å². The number of benzene rings is 3. The summed E-state index contributed by atoms with van der Waals surface area (Å²) in [4.78, 5) is 26.1. The zero-order valence-corrected chi connectivity index (χ0v) is 17.1. The summed E-state index contributed by atoms with van der Waals surface area (Å²) < 4.78 is 11.1. The van der Waals surface area contributed by atoms with Crippen LogP contribution in [0.4, 0.5) is 5.88 Å². The Morgan fingerprint density at radius 3 is 2.37 bits per heavy atom. The zero-order valence-electron chi connectivity index (χ0n) is 16.4. The summed E-state index contributed by atoms with van der Waals surface area (Å²) in [5.74, 6) is 0.322. The highest BCUT2D eigenvalue weighted by Crippen LogP contribution is 2.30. The minimum Gasteiger partial charge on any atom is -0.497 e. The molecule has 0 saturated carbocycles. The molecule has 0 spiro atoms. The van der Waals surface area contributed by atoms with Gasteiger partial charge in [0, 0.05) is 10.6 Å². The van der Waals surface area contributed by atoms with Gasteiger partial charge in [-0.1, -0.05) is 41.4 Å². The standard InChI is InChI=1S/C24H18ClNO4/c1-14-3-5-15(6-4-14)21-22(27)19-13-17(25)9-12-20(19)30-24(21)26-23(28)16-7-10-18(29-2)11-8-16/h3-13H,1-2H3,(H,26,28). The fraction of sp³-hybridized carbons (Fsp3) is 0.0833. The van der Waals surface area contributed by atoms with E-state index >= 15 is 0 Å². The van der Waals surface area contributed by atoms with Crippen molar-refractivity contribution in [3.05, 3.63) is 93.1 Å². The Labute approximate surface area is 177 Å². The van der Waals surface area contributed by atoms with Gasteiger partial charge in [0.1, 0.15) is 11.3 Å². The molecule has 0 aliphatic carbocycles. The lowest BCUT2D eigenvalue weighted by Gasteiger charge is -2.12. The van der Waals surface area contributed by atoms with Crippen LogP contribution < -0.4 is 15.5 Å². The van der Waals surface area contributed by atoms with Crippen molar-refractivity contribution in [2.45, 2.75) is 6.92 Å². The average Bonchev–Trinajstić information content (AvgIpc) is 2.75. The quantitative estimate of drug-likeness (QED) is 0.462. The molecule has 4 aromatic rings. The molecule has 0 aliphatic rings. The molecule has 150 valence electrons. The molecule has 5 nitrogen and oxygen atoms in total. The first-order chi connectivity index (χ1) is 14.5. The van der Waals surface area contributed by atoms with Crippen LogP contribution in [-0.2, 0) is 0 Å². The summed E-state index contributed by atoms with van der Waals surface area (Å²) in [6, 6.07) is 18.9. The number of hydrogen-bond donors (Lipinski definition) is 1. The molecule has 3 aromatic carbocycles. The van der Waals surface area contributed by atoms with Crippen LogP contribution in [0.15, 0.2) is 75.9 Å². The van der Waals surface area contributed by atoms with Gasteiger partial charge in [0.05, 0.1) is 18.1 Å². The number of hydrogen-bond acceptors (Lipinski definition) is 4. The smallest absolute Gasteiger partial charge is 0.257 e. The number of ether oxygens (including phenoxy) is 1. The van der Waals surface area contributed by atoms with E-state index in [-0.39, 0.29) is 16.9 Å². The zero-order chi connectivity index (χ0) is 21.3. The number of halogens is 1. The molecule has 0 fully saturated rings. The monoisotopic (exact) mass is 419 g/mol. The molecule has 0 atom stereocenters. The number of nitrogens with one attached hydrogen (secondary N) is 1.